The molecule has 4 rings (SSSR count). The Morgan fingerprint density at radius 1 is 0.760 bits per heavy atom. The van der Waals surface area contributed by atoms with Gasteiger partial charge in [0.05, 0.1) is 12.4 Å². The molecule has 25 heavy (non-hydrogen) atoms. The second-order valence-corrected chi connectivity index (χ2v) is 5.96. The summed E-state index contributed by atoms with van der Waals surface area (Å²) in [6.07, 6.45) is 5.60. The average Bonchev–Trinajstić information content (AvgIpc) is 3.18. The Hall–Kier alpha value is -3.20. The molecule has 3 heteroatoms. The molecule has 0 aliphatic heterocycles. The fourth-order valence-electron chi connectivity index (χ4n) is 3.12. The van der Waals surface area contributed by atoms with Gasteiger partial charge in [-0.3, -0.25) is 0 Å². The van der Waals surface area contributed by atoms with Crippen molar-refractivity contribution >= 4 is 0 Å². The molecule has 0 saturated carbocycles. The van der Waals surface area contributed by atoms with Gasteiger partial charge in [0.15, 0.2) is 0 Å². The number of hydrogen-bond donors (Lipinski definition) is 0. The van der Waals surface area contributed by atoms with Gasteiger partial charge in [-0.1, -0.05) is 60.7 Å². The average molecular weight is 328 g/mol. The summed E-state index contributed by atoms with van der Waals surface area (Å²) in [5.41, 5.74) is 4.42. The molecule has 0 bridgehead atoms. The highest BCUT2D eigenvalue weighted by Crippen LogP contribution is 2.30. The van der Waals surface area contributed by atoms with Crippen LogP contribution in [0.3, 0.4) is 0 Å². The van der Waals surface area contributed by atoms with Crippen molar-refractivity contribution in [3.8, 4) is 11.1 Å². The van der Waals surface area contributed by atoms with Gasteiger partial charge >= 0.3 is 0 Å². The molecule has 0 aliphatic carbocycles. The molecule has 1 atom stereocenters. The largest absolute Gasteiger partial charge is 0.326 e. The molecule has 1 unspecified atom stereocenters. The highest BCUT2D eigenvalue weighted by molar-refractivity contribution is 5.64. The van der Waals surface area contributed by atoms with Gasteiger partial charge in [0.1, 0.15) is 5.82 Å². The molecule has 4 aromatic rings. The third-order valence-corrected chi connectivity index (χ3v) is 4.32. The number of imidazole rings is 1. The van der Waals surface area contributed by atoms with Gasteiger partial charge in [0, 0.05) is 12.4 Å². The second-order valence-electron chi connectivity index (χ2n) is 5.96. The number of nitrogens with zero attached hydrogens (tertiary/aromatic N) is 2. The fraction of sp³-hybridized carbons (Fsp3) is 0.0455. The summed E-state index contributed by atoms with van der Waals surface area (Å²) in [6.45, 7) is 0. The summed E-state index contributed by atoms with van der Waals surface area (Å²) in [5, 5.41) is 0. The second kappa shape index (κ2) is 6.73. The predicted octanol–water partition coefficient (Wildman–Crippen LogP) is 5.33. The van der Waals surface area contributed by atoms with E-state index in [1.165, 1.54) is 17.7 Å². The number of rotatable bonds is 4. The van der Waals surface area contributed by atoms with E-state index in [1.807, 2.05) is 55.0 Å². The predicted molar refractivity (Wildman–Crippen MR) is 97.7 cm³/mol. The van der Waals surface area contributed by atoms with Crippen LogP contribution < -0.4 is 0 Å². The summed E-state index contributed by atoms with van der Waals surface area (Å²) < 4.78 is 15.3. The summed E-state index contributed by atoms with van der Waals surface area (Å²) >= 11 is 0. The first-order chi connectivity index (χ1) is 12.3. The Morgan fingerprint density at radius 2 is 1.52 bits per heavy atom. The standard InChI is InChI=1S/C22H17FN2/c23-21-11-9-17(10-12-21)19-7-4-8-20(15-19)22(25-14-13-24-16-25)18-5-2-1-3-6-18/h1-16,22H. The van der Waals surface area contributed by atoms with Gasteiger partial charge < -0.3 is 4.57 Å². The van der Waals surface area contributed by atoms with Crippen molar-refractivity contribution < 1.29 is 4.39 Å². The maximum atomic E-state index is 13.2. The molecule has 122 valence electrons. The summed E-state index contributed by atoms with van der Waals surface area (Å²) in [6, 6.07) is 25.4. The number of aromatic nitrogens is 2. The molecule has 0 radical (unpaired) electrons. The number of benzene rings is 3. The monoisotopic (exact) mass is 328 g/mol. The zero-order valence-electron chi connectivity index (χ0n) is 13.6. The van der Waals surface area contributed by atoms with Gasteiger partial charge in [-0.05, 0) is 40.5 Å². The van der Waals surface area contributed by atoms with Crippen LogP contribution in [0, 0.1) is 5.82 Å². The maximum Gasteiger partial charge on any atom is 0.123 e. The van der Waals surface area contributed by atoms with E-state index < -0.39 is 0 Å². The van der Waals surface area contributed by atoms with Crippen molar-refractivity contribution in [2.24, 2.45) is 0 Å². The first-order valence-corrected chi connectivity index (χ1v) is 8.19. The minimum absolute atomic E-state index is 0.0455. The van der Waals surface area contributed by atoms with Crippen molar-refractivity contribution in [3.05, 3.63) is 115 Å². The molecule has 3 aromatic carbocycles. The quantitative estimate of drug-likeness (QED) is 0.495. The van der Waals surface area contributed by atoms with E-state index in [0.29, 0.717) is 0 Å². The Kier molecular flexibility index (Phi) is 4.13. The molecular weight excluding hydrogens is 311 g/mol. The third-order valence-electron chi connectivity index (χ3n) is 4.32. The fourth-order valence-corrected chi connectivity index (χ4v) is 3.12. The van der Waals surface area contributed by atoms with E-state index in [1.54, 1.807) is 6.20 Å². The Bertz CT molecular complexity index is 945. The molecule has 0 saturated heterocycles. The van der Waals surface area contributed by atoms with Crippen LogP contribution >= 0.6 is 0 Å². The normalized spacial score (nSPS) is 12.0. The molecule has 0 N–H and O–H groups in total. The Labute approximate surface area is 146 Å². The van der Waals surface area contributed by atoms with Crippen LogP contribution in [-0.4, -0.2) is 9.55 Å². The van der Waals surface area contributed by atoms with Crippen LogP contribution in [0.15, 0.2) is 97.6 Å². The lowest BCUT2D eigenvalue weighted by atomic mass is 9.95. The van der Waals surface area contributed by atoms with Crippen molar-refractivity contribution in [2.75, 3.05) is 0 Å². The number of halogens is 1. The van der Waals surface area contributed by atoms with Gasteiger partial charge in [0.2, 0.25) is 0 Å². The molecular formula is C22H17FN2. The first-order valence-electron chi connectivity index (χ1n) is 8.19. The van der Waals surface area contributed by atoms with Crippen molar-refractivity contribution in [2.45, 2.75) is 6.04 Å². The van der Waals surface area contributed by atoms with Crippen LogP contribution in [0.4, 0.5) is 4.39 Å². The smallest absolute Gasteiger partial charge is 0.123 e. The van der Waals surface area contributed by atoms with Gasteiger partial charge in [-0.15, -0.1) is 0 Å². The summed E-state index contributed by atoms with van der Waals surface area (Å²) in [7, 11) is 0. The van der Waals surface area contributed by atoms with E-state index in [4.69, 9.17) is 0 Å². The van der Waals surface area contributed by atoms with E-state index >= 15 is 0 Å². The molecule has 2 nitrogen and oxygen atoms in total. The summed E-state index contributed by atoms with van der Waals surface area (Å²) in [4.78, 5) is 4.21. The first kappa shape index (κ1) is 15.3. The Morgan fingerprint density at radius 3 is 2.24 bits per heavy atom. The van der Waals surface area contributed by atoms with E-state index in [-0.39, 0.29) is 11.9 Å². The minimum Gasteiger partial charge on any atom is -0.326 e. The van der Waals surface area contributed by atoms with Crippen molar-refractivity contribution in [1.82, 2.24) is 9.55 Å². The highest BCUT2D eigenvalue weighted by Gasteiger charge is 2.16. The van der Waals surface area contributed by atoms with Crippen LogP contribution in [-0.2, 0) is 0 Å². The minimum atomic E-state index is -0.222. The molecule has 0 amide bonds. The summed E-state index contributed by atoms with van der Waals surface area (Å²) in [5.74, 6) is -0.222. The topological polar surface area (TPSA) is 17.8 Å². The molecule has 1 heterocycles. The molecule has 0 aliphatic rings. The van der Waals surface area contributed by atoms with Gasteiger partial charge in [-0.25, -0.2) is 9.37 Å². The molecule has 1 aromatic heterocycles. The van der Waals surface area contributed by atoms with Crippen LogP contribution in [0.2, 0.25) is 0 Å². The van der Waals surface area contributed by atoms with Crippen molar-refractivity contribution in [3.63, 3.8) is 0 Å². The van der Waals surface area contributed by atoms with Crippen LogP contribution in [0.1, 0.15) is 17.2 Å². The lowest BCUT2D eigenvalue weighted by Gasteiger charge is -2.20. The van der Waals surface area contributed by atoms with Crippen LogP contribution in [0.25, 0.3) is 11.1 Å². The molecule has 0 spiro atoms. The third kappa shape index (κ3) is 3.22. The van der Waals surface area contributed by atoms with Gasteiger partial charge in [-0.2, -0.15) is 0 Å². The zero-order chi connectivity index (χ0) is 17.1. The Balaban J connectivity index is 1.80. The van der Waals surface area contributed by atoms with E-state index in [0.717, 1.165) is 16.7 Å². The zero-order valence-corrected chi connectivity index (χ0v) is 13.6. The van der Waals surface area contributed by atoms with Crippen LogP contribution in [0.5, 0.6) is 0 Å². The van der Waals surface area contributed by atoms with E-state index in [9.17, 15) is 4.39 Å². The number of hydrogen-bond acceptors (Lipinski definition) is 1. The lowest BCUT2D eigenvalue weighted by Crippen LogP contribution is -2.10. The SMILES string of the molecule is Fc1ccc(-c2cccc(C(c3ccccc3)n3ccnc3)c2)cc1. The molecule has 0 fully saturated rings. The lowest BCUT2D eigenvalue weighted by molar-refractivity contribution is 0.628. The van der Waals surface area contributed by atoms with E-state index in [2.05, 4.69) is 33.8 Å². The highest BCUT2D eigenvalue weighted by atomic mass is 19.1. The van der Waals surface area contributed by atoms with Crippen molar-refractivity contribution in [1.29, 1.82) is 0 Å². The van der Waals surface area contributed by atoms with Gasteiger partial charge in [0.25, 0.3) is 0 Å². The maximum absolute atomic E-state index is 13.2.